The van der Waals surface area contributed by atoms with Crippen molar-refractivity contribution in [2.45, 2.75) is 0 Å². The highest BCUT2D eigenvalue weighted by atomic mass is 16.5. The molecule has 1 atom stereocenters. The molecule has 0 aromatic heterocycles. The molecule has 4 N–H and O–H groups in total. The van der Waals surface area contributed by atoms with E-state index in [2.05, 4.69) is 4.99 Å². The summed E-state index contributed by atoms with van der Waals surface area (Å²) in [6.45, 7) is 0. The third-order valence-electron chi connectivity index (χ3n) is 4.88. The van der Waals surface area contributed by atoms with Crippen LogP contribution in [0.1, 0.15) is 5.56 Å². The lowest BCUT2D eigenvalue weighted by Crippen LogP contribution is -2.53. The van der Waals surface area contributed by atoms with Crippen molar-refractivity contribution in [1.29, 1.82) is 0 Å². The van der Waals surface area contributed by atoms with E-state index in [0.29, 0.717) is 17.2 Å². The van der Waals surface area contributed by atoms with E-state index in [9.17, 15) is 0 Å². The van der Waals surface area contributed by atoms with E-state index in [0.717, 1.165) is 28.4 Å². The molecule has 2 heterocycles. The molecule has 5 rings (SSSR count). The minimum atomic E-state index is -0.00412. The van der Waals surface area contributed by atoms with Gasteiger partial charge in [-0.3, -0.25) is 4.99 Å². The van der Waals surface area contributed by atoms with E-state index < -0.39 is 0 Å². The van der Waals surface area contributed by atoms with Crippen molar-refractivity contribution < 1.29 is 9.33 Å². The monoisotopic (exact) mass is 368 g/mol. The minimum absolute atomic E-state index is 0.00412. The number of nitrogen functional groups attached to an aromatic ring is 1. The molecule has 2 aromatic carbocycles. The van der Waals surface area contributed by atoms with Gasteiger partial charge >= 0.3 is 0 Å². The molecular formula is C22H18N5O+. The smallest absolute Gasteiger partial charge is 0.265 e. The molecule has 0 bridgehead atoms. The molecule has 0 spiro atoms. The topological polar surface area (TPSA) is 86.0 Å². The van der Waals surface area contributed by atoms with Gasteiger partial charge in [-0.15, -0.1) is 4.59 Å². The van der Waals surface area contributed by atoms with Crippen molar-refractivity contribution in [2.24, 2.45) is 15.8 Å². The summed E-state index contributed by atoms with van der Waals surface area (Å²) in [6, 6.07) is 15.1. The standard InChI is InChI=1S/C22H18N5O/c23-18-6-1-2-7-20(18)28-17-10-8-16(9-11-17)22-26-21(15-4-3-5-15)19-14-25-12-13-27(19,22)24/h1-14H,23-24H2/q+1. The molecule has 6 nitrogen and oxygen atoms in total. The molecule has 0 saturated carbocycles. The summed E-state index contributed by atoms with van der Waals surface area (Å²) in [6.07, 6.45) is 11.3. The Morgan fingerprint density at radius 3 is 2.50 bits per heavy atom. The fourth-order valence-electron chi connectivity index (χ4n) is 3.31. The zero-order chi connectivity index (χ0) is 19.1. The highest BCUT2D eigenvalue weighted by Crippen LogP contribution is 2.36. The van der Waals surface area contributed by atoms with Crippen molar-refractivity contribution in [1.82, 2.24) is 0 Å². The normalized spacial score (nSPS) is 21.9. The highest BCUT2D eigenvalue weighted by Gasteiger charge is 2.44. The van der Waals surface area contributed by atoms with Crippen molar-refractivity contribution >= 4 is 17.7 Å². The Morgan fingerprint density at radius 2 is 1.79 bits per heavy atom. The molecule has 2 aliphatic heterocycles. The number of hydrogen-bond donors (Lipinski definition) is 2. The van der Waals surface area contributed by atoms with Gasteiger partial charge in [-0.05, 0) is 36.4 Å². The number of anilines is 1. The first kappa shape index (κ1) is 16.4. The van der Waals surface area contributed by atoms with Crippen LogP contribution < -0.4 is 16.3 Å². The van der Waals surface area contributed by atoms with Crippen LogP contribution in [-0.4, -0.2) is 16.6 Å². The first-order chi connectivity index (χ1) is 13.6. The quantitative estimate of drug-likeness (QED) is 0.489. The summed E-state index contributed by atoms with van der Waals surface area (Å²) in [5, 5.41) is 0. The average Bonchev–Trinajstić information content (AvgIpc) is 2.96. The number of ether oxygens (including phenoxy) is 1. The number of nitrogens with two attached hydrogens (primary N) is 2. The SMILES string of the molecule is Nc1ccccc1Oc1ccc(C2=NC(C3=CC=C3)=C3C=NC=C[N+]23N)cc1. The minimum Gasteiger partial charge on any atom is -0.455 e. The molecule has 2 aromatic rings. The second-order valence-electron chi connectivity index (χ2n) is 6.67. The molecule has 0 fully saturated rings. The van der Waals surface area contributed by atoms with Crippen LogP contribution >= 0.6 is 0 Å². The number of rotatable bonds is 4. The predicted octanol–water partition coefficient (Wildman–Crippen LogP) is 3.78. The molecule has 1 aliphatic carbocycles. The summed E-state index contributed by atoms with van der Waals surface area (Å²) in [5.41, 5.74) is 10.2. The number of amidine groups is 1. The maximum absolute atomic E-state index is 6.70. The molecule has 136 valence electrons. The van der Waals surface area contributed by atoms with Crippen LogP contribution in [0.3, 0.4) is 0 Å². The second kappa shape index (κ2) is 6.16. The number of aliphatic imine (C=N–C) groups is 2. The highest BCUT2D eigenvalue weighted by molar-refractivity contribution is 6.01. The lowest BCUT2D eigenvalue weighted by atomic mass is 10.0. The lowest BCUT2D eigenvalue weighted by molar-refractivity contribution is -0.750. The Kier molecular flexibility index (Phi) is 3.61. The number of quaternary nitrogens is 1. The van der Waals surface area contributed by atoms with Crippen molar-refractivity contribution in [3.63, 3.8) is 0 Å². The largest absolute Gasteiger partial charge is 0.455 e. The maximum Gasteiger partial charge on any atom is 0.265 e. The van der Waals surface area contributed by atoms with Gasteiger partial charge < -0.3 is 10.5 Å². The van der Waals surface area contributed by atoms with Crippen molar-refractivity contribution in [3.05, 3.63) is 102 Å². The second-order valence-corrected chi connectivity index (χ2v) is 6.67. The lowest BCUT2D eigenvalue weighted by Gasteiger charge is -2.26. The van der Waals surface area contributed by atoms with Gasteiger partial charge in [0.15, 0.2) is 0 Å². The number of nitrogens with zero attached hydrogens (tertiary/aromatic N) is 3. The first-order valence-electron chi connectivity index (χ1n) is 8.89. The van der Waals surface area contributed by atoms with Crippen LogP contribution in [0.15, 0.2) is 106 Å². The number of fused-ring (bicyclic) bond motifs is 1. The van der Waals surface area contributed by atoms with E-state index in [1.165, 1.54) is 0 Å². The Bertz CT molecular complexity index is 1150. The van der Waals surface area contributed by atoms with Gasteiger partial charge in [-0.2, -0.15) is 10.8 Å². The van der Waals surface area contributed by atoms with Gasteiger partial charge in [0.2, 0.25) is 5.70 Å². The molecule has 1 unspecified atom stereocenters. The van der Waals surface area contributed by atoms with Gasteiger partial charge in [0.25, 0.3) is 5.84 Å². The van der Waals surface area contributed by atoms with Crippen LogP contribution in [0.25, 0.3) is 0 Å². The van der Waals surface area contributed by atoms with E-state index in [4.69, 9.17) is 21.3 Å². The van der Waals surface area contributed by atoms with E-state index in [1.807, 2.05) is 73.0 Å². The average molecular weight is 368 g/mol. The van der Waals surface area contributed by atoms with Crippen LogP contribution in [0.5, 0.6) is 11.5 Å². The van der Waals surface area contributed by atoms with E-state index in [-0.39, 0.29) is 4.59 Å². The van der Waals surface area contributed by atoms with Crippen molar-refractivity contribution in [2.75, 3.05) is 5.73 Å². The van der Waals surface area contributed by atoms with Crippen molar-refractivity contribution in [3.8, 4) is 11.5 Å². The van der Waals surface area contributed by atoms with Gasteiger partial charge in [-0.25, -0.2) is 0 Å². The zero-order valence-corrected chi connectivity index (χ0v) is 15.0. The third-order valence-corrected chi connectivity index (χ3v) is 4.88. The summed E-state index contributed by atoms with van der Waals surface area (Å²) >= 11 is 0. The molecule has 0 radical (unpaired) electrons. The Labute approximate surface area is 162 Å². The molecule has 3 aliphatic rings. The van der Waals surface area contributed by atoms with Gasteiger partial charge in [-0.1, -0.05) is 30.4 Å². The summed E-state index contributed by atoms with van der Waals surface area (Å²) in [7, 11) is 0. The first-order valence-corrected chi connectivity index (χ1v) is 8.89. The predicted molar refractivity (Wildman–Crippen MR) is 110 cm³/mol. The number of hydrogen-bond acceptors (Lipinski definition) is 5. The maximum atomic E-state index is 6.70. The molecule has 6 heteroatoms. The van der Waals surface area contributed by atoms with Crippen LogP contribution in [0.4, 0.5) is 5.69 Å². The zero-order valence-electron chi connectivity index (χ0n) is 15.0. The number of benzene rings is 2. The summed E-state index contributed by atoms with van der Waals surface area (Å²) in [4.78, 5) is 9.08. The molecular weight excluding hydrogens is 350 g/mol. The van der Waals surface area contributed by atoms with Gasteiger partial charge in [0.1, 0.15) is 23.4 Å². The van der Waals surface area contributed by atoms with Gasteiger partial charge in [0.05, 0.1) is 23.7 Å². The Morgan fingerprint density at radius 1 is 1.00 bits per heavy atom. The van der Waals surface area contributed by atoms with Gasteiger partial charge in [0, 0.05) is 5.57 Å². The Balaban J connectivity index is 1.47. The van der Waals surface area contributed by atoms with Crippen LogP contribution in [0.2, 0.25) is 0 Å². The fraction of sp³-hybridized carbons (Fsp3) is 0. The molecule has 0 amide bonds. The number of para-hydroxylation sites is 2. The van der Waals surface area contributed by atoms with E-state index in [1.54, 1.807) is 12.4 Å². The number of allylic oxidation sites excluding steroid dienone is 4. The van der Waals surface area contributed by atoms with Crippen LogP contribution in [-0.2, 0) is 0 Å². The molecule has 0 saturated heterocycles. The van der Waals surface area contributed by atoms with Crippen LogP contribution in [0, 0.1) is 0 Å². The third kappa shape index (κ3) is 2.51. The summed E-state index contributed by atoms with van der Waals surface area (Å²) < 4.78 is 5.88. The van der Waals surface area contributed by atoms with E-state index >= 15 is 0 Å². The molecule has 28 heavy (non-hydrogen) atoms. The Hall–Kier alpha value is -3.74. The fourth-order valence-corrected chi connectivity index (χ4v) is 3.31. The summed E-state index contributed by atoms with van der Waals surface area (Å²) in [5.74, 6) is 8.75.